The number of benzene rings is 1. The fourth-order valence-electron chi connectivity index (χ4n) is 5.13. The van der Waals surface area contributed by atoms with Crippen molar-refractivity contribution in [1.82, 2.24) is 29.0 Å². The largest absolute Gasteiger partial charge is 0.330 e. The molecule has 0 aliphatic carbocycles. The Morgan fingerprint density at radius 3 is 2.60 bits per heavy atom. The van der Waals surface area contributed by atoms with E-state index in [4.69, 9.17) is 10.1 Å². The van der Waals surface area contributed by atoms with Gasteiger partial charge >= 0.3 is 0 Å². The molecule has 1 aliphatic rings. The van der Waals surface area contributed by atoms with Crippen LogP contribution in [0.2, 0.25) is 0 Å². The number of likely N-dealkylation sites (tertiary alicyclic amines) is 1. The summed E-state index contributed by atoms with van der Waals surface area (Å²) >= 11 is 0. The van der Waals surface area contributed by atoms with Crippen molar-refractivity contribution in [2.24, 2.45) is 0 Å². The number of pyridine rings is 2. The van der Waals surface area contributed by atoms with Gasteiger partial charge < -0.3 is 4.90 Å². The molecule has 0 unspecified atom stereocenters. The lowest BCUT2D eigenvalue weighted by atomic mass is 9.98. The van der Waals surface area contributed by atoms with Gasteiger partial charge in [0, 0.05) is 30.7 Å². The van der Waals surface area contributed by atoms with Gasteiger partial charge in [-0.3, -0.25) is 18.9 Å². The molecular formula is C28H26N6O. The van der Waals surface area contributed by atoms with Crippen LogP contribution in [-0.4, -0.2) is 47.0 Å². The van der Waals surface area contributed by atoms with E-state index in [0.29, 0.717) is 18.8 Å². The Kier molecular flexibility index (Phi) is 5.17. The Labute approximate surface area is 203 Å². The van der Waals surface area contributed by atoms with Gasteiger partial charge in [0.2, 0.25) is 0 Å². The Balaban J connectivity index is 1.34. The second-order valence-electron chi connectivity index (χ2n) is 9.27. The van der Waals surface area contributed by atoms with Crippen LogP contribution in [0, 0.1) is 0 Å². The van der Waals surface area contributed by atoms with Crippen LogP contribution >= 0.6 is 0 Å². The van der Waals surface area contributed by atoms with Crippen LogP contribution in [0.25, 0.3) is 28.3 Å². The number of amides is 1. The van der Waals surface area contributed by atoms with Crippen molar-refractivity contribution in [3.63, 3.8) is 0 Å². The van der Waals surface area contributed by atoms with Crippen molar-refractivity contribution in [2.75, 3.05) is 6.54 Å². The van der Waals surface area contributed by atoms with E-state index in [2.05, 4.69) is 11.9 Å². The number of imidazole rings is 1. The average molecular weight is 463 g/mol. The summed E-state index contributed by atoms with van der Waals surface area (Å²) in [5.74, 6) is -0.0374. The molecule has 1 saturated heterocycles. The molecule has 0 spiro atoms. The molecule has 1 aromatic carbocycles. The molecule has 174 valence electrons. The summed E-state index contributed by atoms with van der Waals surface area (Å²) in [4.78, 5) is 25.2. The number of hydrogen-bond donors (Lipinski definition) is 0. The third kappa shape index (κ3) is 3.79. The molecule has 0 saturated carbocycles. The maximum Gasteiger partial charge on any atom is 0.275 e. The molecule has 1 amide bonds. The van der Waals surface area contributed by atoms with Crippen LogP contribution in [0.1, 0.15) is 30.3 Å². The van der Waals surface area contributed by atoms with Crippen molar-refractivity contribution in [3.8, 4) is 22.6 Å². The van der Waals surface area contributed by atoms with Gasteiger partial charge in [-0.25, -0.2) is 4.98 Å². The molecule has 4 aromatic heterocycles. The van der Waals surface area contributed by atoms with Crippen LogP contribution < -0.4 is 0 Å². The minimum atomic E-state index is -0.367. The SMILES string of the molecule is C[C@@]1(Cn2ccc(-c3ccccn3)n2)CCCN1C(=O)c1nc2ccccn2c1-c1ccccc1. The molecule has 1 atom stereocenters. The Morgan fingerprint density at radius 1 is 0.943 bits per heavy atom. The zero-order valence-corrected chi connectivity index (χ0v) is 19.6. The van der Waals surface area contributed by atoms with Gasteiger partial charge in [-0.2, -0.15) is 5.10 Å². The van der Waals surface area contributed by atoms with Crippen LogP contribution in [0.5, 0.6) is 0 Å². The second kappa shape index (κ2) is 8.51. The number of rotatable bonds is 5. The van der Waals surface area contributed by atoms with Gasteiger partial charge in [0.15, 0.2) is 5.69 Å². The van der Waals surface area contributed by atoms with E-state index in [1.165, 1.54) is 0 Å². The summed E-state index contributed by atoms with van der Waals surface area (Å²) < 4.78 is 3.93. The van der Waals surface area contributed by atoms with Gasteiger partial charge in [-0.1, -0.05) is 42.5 Å². The molecule has 7 nitrogen and oxygen atoms in total. The highest BCUT2D eigenvalue weighted by molar-refractivity contribution is 6.00. The topological polar surface area (TPSA) is 68.3 Å². The number of aromatic nitrogens is 5. The van der Waals surface area contributed by atoms with E-state index in [1.807, 2.05) is 99.2 Å². The molecule has 1 fully saturated rings. The number of hydrogen-bond acceptors (Lipinski definition) is 4. The first-order valence-corrected chi connectivity index (χ1v) is 11.9. The number of carbonyl (C=O) groups excluding carboxylic acids is 1. The fraction of sp³-hybridized carbons (Fsp3) is 0.214. The van der Waals surface area contributed by atoms with Crippen molar-refractivity contribution >= 4 is 11.6 Å². The van der Waals surface area contributed by atoms with Crippen LogP contribution in [0.4, 0.5) is 0 Å². The zero-order valence-electron chi connectivity index (χ0n) is 19.6. The average Bonchev–Trinajstić information content (AvgIpc) is 3.62. The zero-order chi connectivity index (χ0) is 23.8. The van der Waals surface area contributed by atoms with Gasteiger partial charge in [-0.15, -0.1) is 0 Å². The quantitative estimate of drug-likeness (QED) is 0.370. The lowest BCUT2D eigenvalue weighted by Gasteiger charge is -2.35. The molecule has 5 heterocycles. The second-order valence-corrected chi connectivity index (χ2v) is 9.27. The Bertz CT molecular complexity index is 1490. The summed E-state index contributed by atoms with van der Waals surface area (Å²) in [5.41, 5.74) is 4.37. The molecular weight excluding hydrogens is 436 g/mol. The van der Waals surface area contributed by atoms with Crippen LogP contribution in [0.3, 0.4) is 0 Å². The molecule has 0 N–H and O–H groups in total. The smallest absolute Gasteiger partial charge is 0.275 e. The summed E-state index contributed by atoms with van der Waals surface area (Å²) in [7, 11) is 0. The minimum Gasteiger partial charge on any atom is -0.330 e. The van der Waals surface area contributed by atoms with Crippen molar-refractivity contribution in [1.29, 1.82) is 0 Å². The van der Waals surface area contributed by atoms with E-state index < -0.39 is 0 Å². The summed E-state index contributed by atoms with van der Waals surface area (Å²) in [5, 5.41) is 4.75. The molecule has 6 rings (SSSR count). The van der Waals surface area contributed by atoms with Gasteiger partial charge in [0.05, 0.1) is 23.5 Å². The van der Waals surface area contributed by atoms with E-state index in [1.54, 1.807) is 6.20 Å². The molecule has 7 heteroatoms. The van der Waals surface area contributed by atoms with Crippen LogP contribution in [0.15, 0.2) is 91.4 Å². The first-order valence-electron chi connectivity index (χ1n) is 11.9. The maximum atomic E-state index is 14.1. The highest BCUT2D eigenvalue weighted by Crippen LogP contribution is 2.34. The molecule has 0 bridgehead atoms. The highest BCUT2D eigenvalue weighted by Gasteiger charge is 2.42. The first kappa shape index (κ1) is 21.3. The number of nitrogens with zero attached hydrogens (tertiary/aromatic N) is 6. The van der Waals surface area contributed by atoms with E-state index in [9.17, 15) is 4.79 Å². The highest BCUT2D eigenvalue weighted by atomic mass is 16.2. The predicted molar refractivity (Wildman–Crippen MR) is 135 cm³/mol. The predicted octanol–water partition coefficient (Wildman–Crippen LogP) is 4.95. The maximum absolute atomic E-state index is 14.1. The molecule has 1 aliphatic heterocycles. The number of fused-ring (bicyclic) bond motifs is 1. The van der Waals surface area contributed by atoms with E-state index in [0.717, 1.165) is 41.1 Å². The molecule has 35 heavy (non-hydrogen) atoms. The van der Waals surface area contributed by atoms with Crippen LogP contribution in [-0.2, 0) is 6.54 Å². The van der Waals surface area contributed by atoms with Gasteiger partial charge in [0.25, 0.3) is 5.91 Å². The van der Waals surface area contributed by atoms with Crippen molar-refractivity contribution in [3.05, 3.63) is 97.1 Å². The normalized spacial score (nSPS) is 17.8. The van der Waals surface area contributed by atoms with Crippen molar-refractivity contribution < 1.29 is 4.79 Å². The number of carbonyl (C=O) groups is 1. The lowest BCUT2D eigenvalue weighted by Crippen LogP contribution is -2.48. The summed E-state index contributed by atoms with van der Waals surface area (Å²) in [6.45, 7) is 3.46. The third-order valence-corrected chi connectivity index (χ3v) is 6.84. The van der Waals surface area contributed by atoms with E-state index >= 15 is 0 Å². The molecule has 0 radical (unpaired) electrons. The van der Waals surface area contributed by atoms with Gasteiger partial charge in [-0.05, 0) is 50.1 Å². The first-order chi connectivity index (χ1) is 17.1. The standard InChI is InChI=1S/C28H26N6O/c1-28(20-32-19-14-23(31-32)22-12-5-7-16-29-22)15-9-18-34(28)27(35)25-26(21-10-3-2-4-11-21)33-17-8-6-13-24(33)30-25/h2-8,10-14,16-17,19H,9,15,18,20H2,1H3/t28-/m0/s1. The Hall–Kier alpha value is -4.26. The third-order valence-electron chi connectivity index (χ3n) is 6.84. The minimum absolute atomic E-state index is 0.0374. The molecule has 5 aromatic rings. The lowest BCUT2D eigenvalue weighted by molar-refractivity contribution is 0.0581. The Morgan fingerprint density at radius 2 is 1.77 bits per heavy atom. The fourth-order valence-corrected chi connectivity index (χ4v) is 5.13. The summed E-state index contributed by atoms with van der Waals surface area (Å²) in [6, 6.07) is 23.6. The van der Waals surface area contributed by atoms with Gasteiger partial charge in [0.1, 0.15) is 11.3 Å². The summed E-state index contributed by atoms with van der Waals surface area (Å²) in [6.07, 6.45) is 7.56. The monoisotopic (exact) mass is 462 g/mol. The van der Waals surface area contributed by atoms with E-state index in [-0.39, 0.29) is 11.4 Å². The van der Waals surface area contributed by atoms with Crippen molar-refractivity contribution in [2.45, 2.75) is 31.8 Å².